The molecule has 4 aromatic rings. The van der Waals surface area contributed by atoms with Crippen LogP contribution in [0.15, 0.2) is 71.8 Å². The Morgan fingerprint density at radius 3 is 2.62 bits per heavy atom. The summed E-state index contributed by atoms with van der Waals surface area (Å²) in [4.78, 5) is -0.0306. The molecule has 9 heteroatoms. The number of fused-ring (bicyclic) bond motifs is 1. The zero-order valence-electron chi connectivity index (χ0n) is 15.3. The van der Waals surface area contributed by atoms with Crippen molar-refractivity contribution in [2.24, 2.45) is 0 Å². The number of halogens is 2. The highest BCUT2D eigenvalue weighted by molar-refractivity contribution is 7.93. The smallest absolute Gasteiger partial charge is 0.268 e. The number of anilines is 1. The Morgan fingerprint density at radius 2 is 1.86 bits per heavy atom. The molecule has 148 valence electrons. The third-order valence-corrected chi connectivity index (χ3v) is 6.54. The lowest BCUT2D eigenvalue weighted by Crippen LogP contribution is -2.31. The second kappa shape index (κ2) is 7.46. The molecule has 0 radical (unpaired) electrons. The van der Waals surface area contributed by atoms with E-state index >= 15 is 0 Å². The quantitative estimate of drug-likeness (QED) is 0.475. The highest BCUT2D eigenvalue weighted by Gasteiger charge is 2.29. The van der Waals surface area contributed by atoms with Crippen molar-refractivity contribution in [3.8, 4) is 0 Å². The maximum atomic E-state index is 14.3. The zero-order valence-corrected chi connectivity index (χ0v) is 16.9. The van der Waals surface area contributed by atoms with E-state index in [1.165, 1.54) is 18.2 Å². The number of hydrogen-bond donors (Lipinski definition) is 0. The van der Waals surface area contributed by atoms with Crippen LogP contribution in [0.3, 0.4) is 0 Å². The van der Waals surface area contributed by atoms with E-state index in [0.29, 0.717) is 16.5 Å². The van der Waals surface area contributed by atoms with Gasteiger partial charge in [0.15, 0.2) is 5.65 Å². The number of pyridine rings is 1. The van der Waals surface area contributed by atoms with Gasteiger partial charge in [-0.3, -0.25) is 8.71 Å². The van der Waals surface area contributed by atoms with Gasteiger partial charge in [-0.15, -0.1) is 10.2 Å². The molecule has 0 unspecified atom stereocenters. The molecule has 0 aliphatic heterocycles. The molecule has 2 heterocycles. The Hall–Kier alpha value is -2.97. The molecule has 6 nitrogen and oxygen atoms in total. The summed E-state index contributed by atoms with van der Waals surface area (Å²) >= 11 is 6.10. The van der Waals surface area contributed by atoms with Crippen molar-refractivity contribution in [1.82, 2.24) is 14.6 Å². The van der Waals surface area contributed by atoms with Crippen LogP contribution in [0, 0.1) is 12.7 Å². The van der Waals surface area contributed by atoms with Crippen molar-refractivity contribution in [3.63, 3.8) is 0 Å². The van der Waals surface area contributed by atoms with Crippen molar-refractivity contribution < 1.29 is 12.8 Å². The fraction of sp³-hybridized carbons (Fsp3) is 0.100. The van der Waals surface area contributed by atoms with Gasteiger partial charge in [-0.1, -0.05) is 35.9 Å². The summed E-state index contributed by atoms with van der Waals surface area (Å²) < 4.78 is 44.4. The Bertz CT molecular complexity index is 1310. The fourth-order valence-corrected chi connectivity index (χ4v) is 4.80. The Morgan fingerprint density at radius 1 is 1.07 bits per heavy atom. The van der Waals surface area contributed by atoms with Crippen LogP contribution in [0.4, 0.5) is 10.1 Å². The molecule has 2 aromatic heterocycles. The van der Waals surface area contributed by atoms with Crippen LogP contribution >= 0.6 is 11.6 Å². The summed E-state index contributed by atoms with van der Waals surface area (Å²) in [7, 11) is -4.11. The third-order valence-electron chi connectivity index (χ3n) is 4.51. The standard InChI is InChI=1S/C20H16ClFN4O2S/c1-14-23-24-20-19(10-5-11-25(14)20)29(27,28)26(17-8-4-7-16(21)12-17)13-15-6-2-3-9-18(15)22/h2-12H,13H2,1H3. The lowest BCUT2D eigenvalue weighted by atomic mass is 10.2. The van der Waals surface area contributed by atoms with Gasteiger partial charge in [0.05, 0.1) is 12.2 Å². The van der Waals surface area contributed by atoms with Gasteiger partial charge in [-0.25, -0.2) is 12.8 Å². The van der Waals surface area contributed by atoms with Crippen molar-refractivity contribution in [3.05, 3.63) is 89.1 Å². The van der Waals surface area contributed by atoms with Crippen LogP contribution in [0.5, 0.6) is 0 Å². The van der Waals surface area contributed by atoms with Gasteiger partial charge in [0, 0.05) is 16.8 Å². The lowest BCUT2D eigenvalue weighted by Gasteiger charge is -2.25. The van der Waals surface area contributed by atoms with E-state index in [9.17, 15) is 12.8 Å². The van der Waals surface area contributed by atoms with Gasteiger partial charge in [0.25, 0.3) is 10.0 Å². The summed E-state index contributed by atoms with van der Waals surface area (Å²) in [6.07, 6.45) is 1.68. The molecule has 0 aliphatic carbocycles. The highest BCUT2D eigenvalue weighted by Crippen LogP contribution is 2.30. The van der Waals surface area contributed by atoms with E-state index in [4.69, 9.17) is 11.6 Å². The predicted molar refractivity (Wildman–Crippen MR) is 109 cm³/mol. The number of benzene rings is 2. The van der Waals surface area contributed by atoms with Crippen LogP contribution in [-0.4, -0.2) is 23.0 Å². The number of aryl methyl sites for hydroxylation is 1. The molecule has 4 rings (SSSR count). The number of rotatable bonds is 5. The average molecular weight is 431 g/mol. The maximum absolute atomic E-state index is 14.3. The van der Waals surface area contributed by atoms with E-state index in [0.717, 1.165) is 4.31 Å². The maximum Gasteiger partial charge on any atom is 0.268 e. The second-order valence-corrected chi connectivity index (χ2v) is 8.66. The third kappa shape index (κ3) is 3.56. The molecule has 0 amide bonds. The minimum Gasteiger partial charge on any atom is -0.286 e. The molecule has 0 aliphatic rings. The van der Waals surface area contributed by atoms with Gasteiger partial charge >= 0.3 is 0 Å². The predicted octanol–water partition coefficient (Wildman–Crippen LogP) is 4.23. The van der Waals surface area contributed by atoms with Gasteiger partial charge < -0.3 is 0 Å². The Labute approximate surface area is 172 Å². The molecule has 0 fully saturated rings. The van der Waals surface area contributed by atoms with Crippen molar-refractivity contribution in [2.75, 3.05) is 4.31 Å². The number of hydrogen-bond acceptors (Lipinski definition) is 4. The van der Waals surface area contributed by atoms with Gasteiger partial charge in [0.1, 0.15) is 16.5 Å². The van der Waals surface area contributed by atoms with E-state index in [1.807, 2.05) is 0 Å². The molecular formula is C20H16ClFN4O2S. The second-order valence-electron chi connectivity index (χ2n) is 6.40. The summed E-state index contributed by atoms with van der Waals surface area (Å²) in [5.74, 6) is 0.0618. The first-order valence-electron chi connectivity index (χ1n) is 8.70. The SMILES string of the molecule is Cc1nnc2c(S(=O)(=O)N(Cc3ccccc3F)c3cccc(Cl)c3)cccn12. The molecule has 2 aromatic carbocycles. The first-order valence-corrected chi connectivity index (χ1v) is 10.5. The van der Waals surface area contributed by atoms with Crippen LogP contribution in [0.2, 0.25) is 5.02 Å². The first-order chi connectivity index (χ1) is 13.9. The van der Waals surface area contributed by atoms with Crippen LogP contribution < -0.4 is 4.31 Å². The fourth-order valence-electron chi connectivity index (χ4n) is 3.05. The van der Waals surface area contributed by atoms with Gasteiger partial charge in [0.2, 0.25) is 0 Å². The van der Waals surface area contributed by atoms with Gasteiger partial charge in [-0.05, 0) is 43.3 Å². The molecule has 0 spiro atoms. The number of aromatic nitrogens is 3. The molecular weight excluding hydrogens is 415 g/mol. The molecule has 0 saturated heterocycles. The summed E-state index contributed by atoms with van der Waals surface area (Å²) in [5.41, 5.74) is 0.755. The van der Waals surface area contributed by atoms with Crippen molar-refractivity contribution in [1.29, 1.82) is 0 Å². The summed E-state index contributed by atoms with van der Waals surface area (Å²) in [5, 5.41) is 8.34. The topological polar surface area (TPSA) is 67.6 Å². The molecule has 0 atom stereocenters. The highest BCUT2D eigenvalue weighted by atomic mass is 35.5. The van der Waals surface area contributed by atoms with E-state index in [-0.39, 0.29) is 22.7 Å². The first kappa shape index (κ1) is 19.4. The van der Waals surface area contributed by atoms with E-state index < -0.39 is 15.8 Å². The van der Waals surface area contributed by atoms with Crippen LogP contribution in [0.1, 0.15) is 11.4 Å². The van der Waals surface area contributed by atoms with Gasteiger partial charge in [-0.2, -0.15) is 0 Å². The summed E-state index contributed by atoms with van der Waals surface area (Å²) in [6.45, 7) is 1.52. The minimum absolute atomic E-state index is 0.0306. The lowest BCUT2D eigenvalue weighted by molar-refractivity contribution is 0.585. The Kier molecular flexibility index (Phi) is 4.97. The monoisotopic (exact) mass is 430 g/mol. The molecule has 0 saturated carbocycles. The van der Waals surface area contributed by atoms with Crippen molar-refractivity contribution in [2.45, 2.75) is 18.4 Å². The summed E-state index contributed by atoms with van der Waals surface area (Å²) in [6, 6.07) is 15.5. The molecule has 0 bridgehead atoms. The van der Waals surface area contributed by atoms with Crippen LogP contribution in [0.25, 0.3) is 5.65 Å². The van der Waals surface area contributed by atoms with E-state index in [1.54, 1.807) is 60.0 Å². The Balaban J connectivity index is 1.90. The van der Waals surface area contributed by atoms with Crippen LogP contribution in [-0.2, 0) is 16.6 Å². The van der Waals surface area contributed by atoms with E-state index in [2.05, 4.69) is 10.2 Å². The molecule has 0 N–H and O–H groups in total. The number of sulfonamides is 1. The molecule has 29 heavy (non-hydrogen) atoms. The normalized spacial score (nSPS) is 11.7. The van der Waals surface area contributed by atoms with Crippen molar-refractivity contribution >= 4 is 33.0 Å². The largest absolute Gasteiger partial charge is 0.286 e. The number of nitrogens with zero attached hydrogens (tertiary/aromatic N) is 4. The minimum atomic E-state index is -4.11. The average Bonchev–Trinajstić information content (AvgIpc) is 3.08. The zero-order chi connectivity index (χ0) is 20.6.